The molecule has 4 rings (SSSR count). The molecule has 2 aromatic carbocycles. The Labute approximate surface area is 180 Å². The van der Waals surface area contributed by atoms with Crippen LogP contribution in [0.15, 0.2) is 42.5 Å². The largest absolute Gasteiger partial charge is 0.490 e. The Hall–Kier alpha value is -2.49. The molecule has 0 bridgehead atoms. The van der Waals surface area contributed by atoms with E-state index in [1.165, 1.54) is 30.4 Å². The van der Waals surface area contributed by atoms with Crippen molar-refractivity contribution in [3.8, 4) is 11.5 Å². The fourth-order valence-corrected chi connectivity index (χ4v) is 4.65. The van der Waals surface area contributed by atoms with E-state index >= 15 is 0 Å². The first-order valence-corrected chi connectivity index (χ1v) is 11.4. The van der Waals surface area contributed by atoms with Crippen molar-refractivity contribution < 1.29 is 14.3 Å². The summed E-state index contributed by atoms with van der Waals surface area (Å²) >= 11 is 0. The molecule has 1 aliphatic heterocycles. The second-order valence-corrected chi connectivity index (χ2v) is 8.80. The molecular weight excluding hydrogens is 374 g/mol. The maximum absolute atomic E-state index is 13.2. The van der Waals surface area contributed by atoms with Crippen molar-refractivity contribution in [2.24, 2.45) is 0 Å². The smallest absolute Gasteiger partial charge is 0.254 e. The lowest BCUT2D eigenvalue weighted by Crippen LogP contribution is -2.45. The van der Waals surface area contributed by atoms with Crippen LogP contribution in [0.5, 0.6) is 11.5 Å². The van der Waals surface area contributed by atoms with Crippen molar-refractivity contribution in [1.82, 2.24) is 4.90 Å². The number of amides is 1. The molecule has 160 valence electrons. The highest BCUT2D eigenvalue weighted by atomic mass is 16.5. The Balaban J connectivity index is 1.45. The Kier molecular flexibility index (Phi) is 6.61. The zero-order valence-electron chi connectivity index (χ0n) is 18.2. The van der Waals surface area contributed by atoms with Gasteiger partial charge in [-0.1, -0.05) is 37.5 Å². The van der Waals surface area contributed by atoms with Gasteiger partial charge in [-0.05, 0) is 68.5 Å². The van der Waals surface area contributed by atoms with Gasteiger partial charge < -0.3 is 14.4 Å². The average Bonchev–Trinajstić information content (AvgIpc) is 3.00. The predicted octanol–water partition coefficient (Wildman–Crippen LogP) is 5.62. The number of rotatable bonds is 5. The molecule has 1 fully saturated rings. The van der Waals surface area contributed by atoms with Crippen LogP contribution in [0, 0.1) is 0 Å². The van der Waals surface area contributed by atoms with Gasteiger partial charge in [-0.15, -0.1) is 0 Å². The SMILES string of the molecule is CC(C)N(C(=O)c1ccc(Cc2ccc3c(c2)OCCCO3)cc1)C1CCCCC1. The number of carbonyl (C=O) groups is 1. The average molecular weight is 408 g/mol. The van der Waals surface area contributed by atoms with Crippen molar-refractivity contribution in [2.75, 3.05) is 13.2 Å². The van der Waals surface area contributed by atoms with Crippen molar-refractivity contribution in [2.45, 2.75) is 70.9 Å². The maximum atomic E-state index is 13.2. The Morgan fingerprint density at radius 3 is 2.27 bits per heavy atom. The minimum Gasteiger partial charge on any atom is -0.490 e. The van der Waals surface area contributed by atoms with E-state index in [9.17, 15) is 4.79 Å². The molecule has 0 saturated heterocycles. The molecule has 0 atom stereocenters. The molecule has 0 N–H and O–H groups in total. The third kappa shape index (κ3) is 4.80. The van der Waals surface area contributed by atoms with Gasteiger partial charge in [-0.2, -0.15) is 0 Å². The summed E-state index contributed by atoms with van der Waals surface area (Å²) in [4.78, 5) is 15.4. The topological polar surface area (TPSA) is 38.8 Å². The molecule has 0 aromatic heterocycles. The number of fused-ring (bicyclic) bond motifs is 1. The first-order chi connectivity index (χ1) is 14.6. The van der Waals surface area contributed by atoms with Gasteiger partial charge >= 0.3 is 0 Å². The highest BCUT2D eigenvalue weighted by Gasteiger charge is 2.28. The maximum Gasteiger partial charge on any atom is 0.254 e. The lowest BCUT2D eigenvalue weighted by atomic mass is 9.92. The number of hydrogen-bond acceptors (Lipinski definition) is 3. The van der Waals surface area contributed by atoms with Gasteiger partial charge in [-0.25, -0.2) is 0 Å². The van der Waals surface area contributed by atoms with Crippen LogP contribution in [0.25, 0.3) is 0 Å². The Morgan fingerprint density at radius 1 is 0.900 bits per heavy atom. The van der Waals surface area contributed by atoms with Crippen molar-refractivity contribution >= 4 is 5.91 Å². The summed E-state index contributed by atoms with van der Waals surface area (Å²) in [6, 6.07) is 14.9. The van der Waals surface area contributed by atoms with Gasteiger partial charge in [0.2, 0.25) is 0 Å². The van der Waals surface area contributed by atoms with Crippen LogP contribution in [0.2, 0.25) is 0 Å². The fourth-order valence-electron chi connectivity index (χ4n) is 4.65. The van der Waals surface area contributed by atoms with E-state index < -0.39 is 0 Å². The summed E-state index contributed by atoms with van der Waals surface area (Å²) in [6.07, 6.45) is 7.74. The van der Waals surface area contributed by atoms with E-state index in [1.54, 1.807) is 0 Å². The van der Waals surface area contributed by atoms with Gasteiger partial charge in [0, 0.05) is 24.1 Å². The minimum absolute atomic E-state index is 0.166. The van der Waals surface area contributed by atoms with Crippen LogP contribution in [0.4, 0.5) is 0 Å². The predicted molar refractivity (Wildman–Crippen MR) is 119 cm³/mol. The van der Waals surface area contributed by atoms with E-state index in [0.717, 1.165) is 42.7 Å². The summed E-state index contributed by atoms with van der Waals surface area (Å²) in [6.45, 7) is 5.66. The normalized spacial score (nSPS) is 16.9. The molecule has 0 spiro atoms. The van der Waals surface area contributed by atoms with E-state index in [4.69, 9.17) is 9.47 Å². The zero-order valence-corrected chi connectivity index (χ0v) is 18.2. The molecule has 2 aliphatic rings. The molecule has 30 heavy (non-hydrogen) atoms. The highest BCUT2D eigenvalue weighted by Crippen LogP contribution is 2.31. The molecule has 0 unspecified atom stereocenters. The standard InChI is InChI=1S/C26H33NO3/c1-19(2)27(23-7-4-3-5-8-23)26(28)22-12-9-20(10-13-22)17-21-11-14-24-25(18-21)30-16-6-15-29-24/h9-14,18-19,23H,3-8,15-17H2,1-2H3. The number of nitrogens with zero attached hydrogens (tertiary/aromatic N) is 1. The molecule has 1 aliphatic carbocycles. The summed E-state index contributed by atoms with van der Waals surface area (Å²) < 4.78 is 11.5. The molecule has 0 radical (unpaired) electrons. The van der Waals surface area contributed by atoms with E-state index in [-0.39, 0.29) is 11.9 Å². The molecule has 2 aromatic rings. The highest BCUT2D eigenvalue weighted by molar-refractivity contribution is 5.94. The number of benzene rings is 2. The second kappa shape index (κ2) is 9.55. The van der Waals surface area contributed by atoms with Gasteiger partial charge in [0.05, 0.1) is 13.2 Å². The summed E-state index contributed by atoms with van der Waals surface area (Å²) in [5.41, 5.74) is 3.16. The van der Waals surface area contributed by atoms with E-state index in [2.05, 4.69) is 43.0 Å². The third-order valence-corrected chi connectivity index (χ3v) is 6.18. The van der Waals surface area contributed by atoms with Crippen LogP contribution in [-0.4, -0.2) is 36.1 Å². The Morgan fingerprint density at radius 2 is 1.57 bits per heavy atom. The number of carbonyl (C=O) groups excluding carboxylic acids is 1. The van der Waals surface area contributed by atoms with Crippen molar-refractivity contribution in [3.63, 3.8) is 0 Å². The molecule has 1 saturated carbocycles. The molecule has 1 heterocycles. The van der Waals surface area contributed by atoms with Gasteiger partial charge in [-0.3, -0.25) is 4.79 Å². The summed E-state index contributed by atoms with van der Waals surface area (Å²) in [5.74, 6) is 1.82. The van der Waals surface area contributed by atoms with Gasteiger partial charge in [0.25, 0.3) is 5.91 Å². The monoisotopic (exact) mass is 407 g/mol. The van der Waals surface area contributed by atoms with Crippen LogP contribution in [0.1, 0.15) is 73.9 Å². The van der Waals surface area contributed by atoms with E-state index in [0.29, 0.717) is 19.3 Å². The number of ether oxygens (including phenoxy) is 2. The Bertz CT molecular complexity index is 853. The molecule has 1 amide bonds. The lowest BCUT2D eigenvalue weighted by Gasteiger charge is -2.37. The van der Waals surface area contributed by atoms with Crippen molar-refractivity contribution in [3.05, 3.63) is 59.2 Å². The van der Waals surface area contributed by atoms with Crippen molar-refractivity contribution in [1.29, 1.82) is 0 Å². The van der Waals surface area contributed by atoms with Crippen LogP contribution in [0.3, 0.4) is 0 Å². The van der Waals surface area contributed by atoms with Gasteiger partial charge in [0.15, 0.2) is 11.5 Å². The quantitative estimate of drug-likeness (QED) is 0.645. The first kappa shape index (κ1) is 20.8. The summed E-state index contributed by atoms with van der Waals surface area (Å²) in [7, 11) is 0. The number of hydrogen-bond donors (Lipinski definition) is 0. The molecule has 4 heteroatoms. The van der Waals surface area contributed by atoms with Gasteiger partial charge in [0.1, 0.15) is 0 Å². The summed E-state index contributed by atoms with van der Waals surface area (Å²) in [5, 5.41) is 0. The molecular formula is C26H33NO3. The lowest BCUT2D eigenvalue weighted by molar-refractivity contribution is 0.0555. The first-order valence-electron chi connectivity index (χ1n) is 11.4. The third-order valence-electron chi connectivity index (χ3n) is 6.18. The van der Waals surface area contributed by atoms with Crippen LogP contribution in [-0.2, 0) is 6.42 Å². The minimum atomic E-state index is 0.166. The van der Waals surface area contributed by atoms with Crippen LogP contribution >= 0.6 is 0 Å². The van der Waals surface area contributed by atoms with E-state index in [1.807, 2.05) is 18.2 Å². The molecule has 4 nitrogen and oxygen atoms in total. The fraction of sp³-hybridized carbons (Fsp3) is 0.500. The second-order valence-electron chi connectivity index (χ2n) is 8.80. The van der Waals surface area contributed by atoms with Crippen LogP contribution < -0.4 is 9.47 Å². The zero-order chi connectivity index (χ0) is 20.9.